The van der Waals surface area contributed by atoms with Gasteiger partial charge in [-0.25, -0.2) is 4.98 Å². The van der Waals surface area contributed by atoms with Crippen LogP contribution in [0.25, 0.3) is 33.3 Å². The monoisotopic (exact) mass is 881 g/mol. The Morgan fingerprint density at radius 3 is 2.50 bits per heavy atom. The molecule has 0 radical (unpaired) electrons. The van der Waals surface area contributed by atoms with Crippen molar-refractivity contribution >= 4 is 45.2 Å². The number of carbonyl (C=O) groups is 3. The number of Topliss-reactive ketones (excluding diaryl/α,β-unsaturated/α-hetero) is 1. The molecule has 1 amide bonds. The molecule has 1 aliphatic carbocycles. The van der Waals surface area contributed by atoms with Gasteiger partial charge < -0.3 is 43.3 Å². The largest absolute Gasteiger partial charge is 0.492 e. The maximum atomic E-state index is 15.5. The topological polar surface area (TPSA) is 185 Å². The molecular weight excluding hydrogens is 823 g/mol. The van der Waals surface area contributed by atoms with Crippen LogP contribution >= 0.6 is 0 Å². The molecule has 0 saturated carbocycles. The van der Waals surface area contributed by atoms with E-state index in [1.807, 2.05) is 19.1 Å². The van der Waals surface area contributed by atoms with Crippen LogP contribution in [0, 0.1) is 24.7 Å². The molecule has 2 N–H and O–H groups in total. The van der Waals surface area contributed by atoms with Crippen LogP contribution in [0.1, 0.15) is 83.1 Å². The highest BCUT2D eigenvalue weighted by atomic mass is 16.7. The van der Waals surface area contributed by atoms with Gasteiger partial charge in [-0.1, -0.05) is 39.0 Å². The summed E-state index contributed by atoms with van der Waals surface area (Å²) in [5.41, 5.74) is 0.654. The minimum absolute atomic E-state index is 0.00731. The lowest BCUT2D eigenvalue weighted by atomic mass is 9.85. The fourth-order valence-electron chi connectivity index (χ4n) is 9.29. The SMILES string of the molecule is CO.CO[C@H]1/C=C/O[C@@]2(C)Oc3c(C)c4c5c(=O)c(c6oc7cc(OCCN8CCCC8)ccc7nc-6c5c3C2=O)NC(=O)/C(C)=C\C=C\C(C)C[C@@H](C)CC(O4)C(OC(C)=O)[C@@H]1C. The van der Waals surface area contributed by atoms with Crippen LogP contribution in [-0.2, 0) is 23.8 Å². The van der Waals surface area contributed by atoms with Crippen LogP contribution in [0.3, 0.4) is 0 Å². The van der Waals surface area contributed by atoms with Gasteiger partial charge >= 0.3 is 11.8 Å². The summed E-state index contributed by atoms with van der Waals surface area (Å²) in [6.45, 7) is 15.6. The third-order valence-electron chi connectivity index (χ3n) is 12.6. The highest BCUT2D eigenvalue weighted by Crippen LogP contribution is 2.51. The molecule has 15 heteroatoms. The average Bonchev–Trinajstić information content (AvgIpc) is 3.88. The number of aromatic nitrogens is 1. The summed E-state index contributed by atoms with van der Waals surface area (Å²) in [5.74, 6) is -3.24. The van der Waals surface area contributed by atoms with Crippen molar-refractivity contribution in [2.75, 3.05) is 45.8 Å². The Kier molecular flexibility index (Phi) is 13.8. The molecule has 1 saturated heterocycles. The zero-order valence-corrected chi connectivity index (χ0v) is 38.1. The van der Waals surface area contributed by atoms with Crippen LogP contribution in [-0.4, -0.2) is 97.2 Å². The Bertz CT molecular complexity index is 2560. The number of benzene rings is 3. The van der Waals surface area contributed by atoms with Gasteiger partial charge in [0.15, 0.2) is 11.3 Å². The second-order valence-electron chi connectivity index (χ2n) is 17.4. The van der Waals surface area contributed by atoms with Crippen LogP contribution in [0.15, 0.2) is 63.6 Å². The van der Waals surface area contributed by atoms with Gasteiger partial charge in [-0.2, -0.15) is 0 Å². The Labute approximate surface area is 372 Å². The molecule has 7 atom stereocenters. The summed E-state index contributed by atoms with van der Waals surface area (Å²) in [6, 6.07) is 5.25. The molecule has 5 aliphatic heterocycles. The van der Waals surface area contributed by atoms with E-state index >= 15 is 4.79 Å². The minimum atomic E-state index is -1.88. The number of anilines is 1. The second kappa shape index (κ2) is 19.1. The van der Waals surface area contributed by atoms with Crippen molar-refractivity contribution in [1.82, 2.24) is 9.88 Å². The number of fused-ring (bicyclic) bond motifs is 8. The third-order valence-corrected chi connectivity index (χ3v) is 12.6. The quantitative estimate of drug-likeness (QED) is 0.110. The predicted molar refractivity (Wildman–Crippen MR) is 241 cm³/mol. The van der Waals surface area contributed by atoms with Crippen molar-refractivity contribution in [2.24, 2.45) is 17.8 Å². The first-order chi connectivity index (χ1) is 30.7. The van der Waals surface area contributed by atoms with E-state index in [-0.39, 0.29) is 56.8 Å². The molecule has 0 aromatic heterocycles. The number of allylic oxidation sites excluding steroid dienone is 3. The summed E-state index contributed by atoms with van der Waals surface area (Å²) in [7, 11) is 2.53. The van der Waals surface area contributed by atoms with E-state index in [1.54, 1.807) is 44.2 Å². The first-order valence-electron chi connectivity index (χ1n) is 22.0. The van der Waals surface area contributed by atoms with Gasteiger partial charge in [0.25, 0.3) is 11.7 Å². The van der Waals surface area contributed by atoms with E-state index in [4.69, 9.17) is 42.9 Å². The maximum absolute atomic E-state index is 15.5. The smallest absolute Gasteiger partial charge is 0.312 e. The van der Waals surface area contributed by atoms with Crippen LogP contribution < -0.4 is 25.0 Å². The highest BCUT2D eigenvalue weighted by Gasteiger charge is 2.51. The van der Waals surface area contributed by atoms with Crippen molar-refractivity contribution in [3.05, 3.63) is 75.7 Å². The first kappa shape index (κ1) is 46.2. The fourth-order valence-corrected chi connectivity index (χ4v) is 9.29. The number of likely N-dealkylation sites (tertiary alicyclic amines) is 1. The van der Waals surface area contributed by atoms with Crippen molar-refractivity contribution in [1.29, 1.82) is 0 Å². The van der Waals surface area contributed by atoms with Crippen molar-refractivity contribution in [2.45, 2.75) is 98.2 Å². The summed E-state index contributed by atoms with van der Waals surface area (Å²) in [6.07, 6.45) is 9.62. The molecular formula is C49H59N3O12. The predicted octanol–water partition coefficient (Wildman–Crippen LogP) is 7.51. The summed E-state index contributed by atoms with van der Waals surface area (Å²) in [5, 5.41) is 9.93. The molecule has 64 heavy (non-hydrogen) atoms. The van der Waals surface area contributed by atoms with Gasteiger partial charge in [-0.05, 0) is 82.7 Å². The molecule has 2 aromatic rings. The number of hydrogen-bond acceptors (Lipinski definition) is 14. The van der Waals surface area contributed by atoms with Crippen LogP contribution in [0.4, 0.5) is 5.69 Å². The standard InChI is InChI=1S/C48H55N3O11.CH4O/c1-25-12-11-13-27(3)47(55)50-40-41(53)37-36(39-45(40)60-34-24-31(14-15-32(34)49-39)57-21-19-51-17-9-10-18-51)38-44-29(5)43(37)61-35(23-26(2)22-25)42(59-30(6)52)28(4)33(56-8)16-20-58-48(7,62-44)46(38)54;1-2/h11-16,20,24-26,28,33,35,42H,9-10,17-19,21-23H2,1-8H3,(H,50,55);2H,1H3/b12-11+,20-16+,27-13-;/t25?,26-,28-,33+,35?,42?,48+;/m1./s1. The zero-order valence-electron chi connectivity index (χ0n) is 38.1. The lowest BCUT2D eigenvalue weighted by molar-refractivity contribution is -0.159. The van der Waals surface area contributed by atoms with E-state index in [2.05, 4.69) is 24.1 Å². The molecule has 6 aliphatic rings. The first-order valence-corrected chi connectivity index (χ1v) is 22.0. The zero-order chi connectivity index (χ0) is 46.0. The van der Waals surface area contributed by atoms with Crippen LogP contribution in [0.2, 0.25) is 0 Å². The third kappa shape index (κ3) is 8.98. The summed E-state index contributed by atoms with van der Waals surface area (Å²) >= 11 is 0. The normalized spacial score (nSPS) is 27.9. The Morgan fingerprint density at radius 1 is 1.03 bits per heavy atom. The van der Waals surface area contributed by atoms with Crippen LogP contribution in [0.5, 0.6) is 17.2 Å². The number of hydrogen-bond donors (Lipinski definition) is 2. The number of ether oxygens (including phenoxy) is 6. The number of aliphatic hydroxyl groups excluding tert-OH is 1. The van der Waals surface area contributed by atoms with E-state index in [9.17, 15) is 14.4 Å². The molecule has 0 spiro atoms. The summed E-state index contributed by atoms with van der Waals surface area (Å²) in [4.78, 5) is 64.7. The number of amides is 1. The van der Waals surface area contributed by atoms with Gasteiger partial charge in [0.2, 0.25) is 5.43 Å². The Hall–Kier alpha value is -5.77. The van der Waals surface area contributed by atoms with E-state index in [1.165, 1.54) is 40.1 Å². The molecule has 2 aromatic carbocycles. The van der Waals surface area contributed by atoms with Gasteiger partial charge in [-0.15, -0.1) is 0 Å². The highest BCUT2D eigenvalue weighted by molar-refractivity contribution is 6.22. The fraction of sp³-hybridized carbons (Fsp3) is 0.490. The number of methoxy groups -OCH3 is 1. The van der Waals surface area contributed by atoms with Gasteiger partial charge in [-0.3, -0.25) is 24.1 Å². The van der Waals surface area contributed by atoms with Crippen molar-refractivity contribution in [3.8, 4) is 28.7 Å². The molecule has 8 rings (SSSR count). The second-order valence-corrected chi connectivity index (χ2v) is 17.4. The molecule has 3 unspecified atom stereocenters. The maximum Gasteiger partial charge on any atom is 0.312 e. The number of ketones is 1. The number of nitrogens with zero attached hydrogens (tertiary/aromatic N) is 2. The van der Waals surface area contributed by atoms with Crippen molar-refractivity contribution < 1.29 is 52.3 Å². The number of nitrogens with one attached hydrogen (secondary N) is 1. The Balaban J connectivity index is 0.00000302. The van der Waals surface area contributed by atoms with E-state index in [0.717, 1.165) is 33.2 Å². The Morgan fingerprint density at radius 2 is 1.78 bits per heavy atom. The lowest BCUT2D eigenvalue weighted by Gasteiger charge is -2.36. The number of rotatable bonds is 6. The number of carbonyl (C=O) groups excluding carboxylic acids is 3. The minimum Gasteiger partial charge on any atom is -0.492 e. The molecule has 1 fully saturated rings. The van der Waals surface area contributed by atoms with E-state index < -0.39 is 53.1 Å². The number of aliphatic hydroxyl groups is 1. The van der Waals surface area contributed by atoms with Gasteiger partial charge in [0.1, 0.15) is 53.0 Å². The van der Waals surface area contributed by atoms with Crippen molar-refractivity contribution in [3.63, 3.8) is 0 Å². The lowest BCUT2D eigenvalue weighted by Crippen LogP contribution is -2.45. The molecule has 15 nitrogen and oxygen atoms in total. The summed E-state index contributed by atoms with van der Waals surface area (Å²) < 4.78 is 44.5. The van der Waals surface area contributed by atoms with E-state index in [0.29, 0.717) is 41.0 Å². The molecule has 6 bridgehead atoms. The molecule has 342 valence electrons. The van der Waals surface area contributed by atoms with Gasteiger partial charge in [0.05, 0.1) is 23.3 Å². The number of esters is 1. The molecule has 5 heterocycles. The van der Waals surface area contributed by atoms with Gasteiger partial charge in [0, 0.05) is 63.1 Å². The average molecular weight is 882 g/mol.